The smallest absolute Gasteiger partial charge is 0.262 e. The molecule has 0 fully saturated rings. The van der Waals surface area contributed by atoms with E-state index >= 15 is 0 Å². The van der Waals surface area contributed by atoms with Gasteiger partial charge in [-0.3, -0.25) is 4.79 Å². The third-order valence-electron chi connectivity index (χ3n) is 3.32. The van der Waals surface area contributed by atoms with Crippen LogP contribution < -0.4 is 14.8 Å². The van der Waals surface area contributed by atoms with Gasteiger partial charge >= 0.3 is 0 Å². The molecule has 7 heteroatoms. The van der Waals surface area contributed by atoms with Crippen LogP contribution in [0.25, 0.3) is 10.4 Å². The van der Waals surface area contributed by atoms with Crippen LogP contribution in [0.3, 0.4) is 0 Å². The summed E-state index contributed by atoms with van der Waals surface area (Å²) in [6.45, 7) is 2.48. The van der Waals surface area contributed by atoms with Gasteiger partial charge in [0.1, 0.15) is 11.5 Å². The van der Waals surface area contributed by atoms with Crippen LogP contribution in [0.1, 0.15) is 6.92 Å². The van der Waals surface area contributed by atoms with Gasteiger partial charge in [0.05, 0.1) is 17.7 Å². The fourth-order valence-electron chi connectivity index (χ4n) is 2.16. The third kappa shape index (κ3) is 4.77. The van der Waals surface area contributed by atoms with Gasteiger partial charge in [0.25, 0.3) is 5.91 Å². The van der Waals surface area contributed by atoms with Gasteiger partial charge in [-0.1, -0.05) is 16.6 Å². The molecule has 0 atom stereocenters. The van der Waals surface area contributed by atoms with Crippen LogP contribution in [0, 0.1) is 0 Å². The zero-order valence-electron chi connectivity index (χ0n) is 13.6. The second-order valence-electron chi connectivity index (χ2n) is 5.10. The van der Waals surface area contributed by atoms with Crippen molar-refractivity contribution in [2.45, 2.75) is 6.92 Å². The Morgan fingerprint density at radius 3 is 2.32 bits per heavy atom. The Morgan fingerprint density at radius 1 is 1.04 bits per heavy atom. The lowest BCUT2D eigenvalue weighted by Crippen LogP contribution is -2.20. The van der Waals surface area contributed by atoms with Gasteiger partial charge in [-0.05, 0) is 60.4 Å². The van der Waals surface area contributed by atoms with Gasteiger partial charge in [0.2, 0.25) is 0 Å². The van der Waals surface area contributed by atoms with Crippen LogP contribution in [0.4, 0.5) is 5.69 Å². The number of anilines is 1. The van der Waals surface area contributed by atoms with Crippen molar-refractivity contribution in [3.63, 3.8) is 0 Å². The summed E-state index contributed by atoms with van der Waals surface area (Å²) in [5.41, 5.74) is 1.72. The molecular formula is C18H17N3O3S. The Labute approximate surface area is 149 Å². The van der Waals surface area contributed by atoms with Crippen LogP contribution in [-0.4, -0.2) is 28.7 Å². The number of carbonyl (C=O) groups excluding carboxylic acids is 1. The number of nitrogens with zero attached hydrogens (tertiary/aromatic N) is 2. The van der Waals surface area contributed by atoms with Crippen molar-refractivity contribution in [1.82, 2.24) is 9.59 Å². The number of hydrogen-bond donors (Lipinski definition) is 1. The predicted octanol–water partition coefficient (Wildman–Crippen LogP) is 3.62. The standard InChI is InChI=1S/C18H17N3O3S/c1-2-23-15-7-9-16(10-8-15)24-12-18(22)20-14-5-3-13(4-6-14)17-11-19-21-25-17/h3-11H,2,12H2,1H3,(H,20,22). The van der Waals surface area contributed by atoms with Crippen molar-refractivity contribution in [2.75, 3.05) is 18.5 Å². The normalized spacial score (nSPS) is 10.3. The average Bonchev–Trinajstić information content (AvgIpc) is 3.17. The molecule has 1 N–H and O–H groups in total. The Hall–Kier alpha value is -2.93. The van der Waals surface area contributed by atoms with E-state index in [1.807, 2.05) is 43.3 Å². The summed E-state index contributed by atoms with van der Waals surface area (Å²) in [6.07, 6.45) is 1.71. The largest absolute Gasteiger partial charge is 0.494 e. The number of ether oxygens (including phenoxy) is 2. The van der Waals surface area contributed by atoms with Crippen LogP contribution in [-0.2, 0) is 4.79 Å². The third-order valence-corrected chi connectivity index (χ3v) is 4.03. The first-order valence-corrected chi connectivity index (χ1v) is 8.55. The topological polar surface area (TPSA) is 73.3 Å². The molecule has 25 heavy (non-hydrogen) atoms. The molecule has 3 rings (SSSR count). The maximum atomic E-state index is 12.0. The number of hydrogen-bond acceptors (Lipinski definition) is 6. The van der Waals surface area contributed by atoms with Crippen molar-refractivity contribution in [3.05, 3.63) is 54.7 Å². The first-order valence-electron chi connectivity index (χ1n) is 7.78. The molecule has 0 aliphatic rings. The minimum atomic E-state index is -0.221. The summed E-state index contributed by atoms with van der Waals surface area (Å²) in [7, 11) is 0. The maximum absolute atomic E-state index is 12.0. The summed E-state index contributed by atoms with van der Waals surface area (Å²) in [5, 5.41) is 6.61. The first-order chi connectivity index (χ1) is 12.2. The highest BCUT2D eigenvalue weighted by Gasteiger charge is 2.05. The summed E-state index contributed by atoms with van der Waals surface area (Å²) in [4.78, 5) is 13.0. The lowest BCUT2D eigenvalue weighted by atomic mass is 10.2. The lowest BCUT2D eigenvalue weighted by Gasteiger charge is -2.09. The van der Waals surface area contributed by atoms with E-state index in [1.54, 1.807) is 18.3 Å². The molecule has 6 nitrogen and oxygen atoms in total. The highest BCUT2D eigenvalue weighted by Crippen LogP contribution is 2.23. The fraction of sp³-hybridized carbons (Fsp3) is 0.167. The zero-order chi connectivity index (χ0) is 17.5. The van der Waals surface area contributed by atoms with Crippen LogP contribution in [0.5, 0.6) is 11.5 Å². The van der Waals surface area contributed by atoms with Crippen LogP contribution in [0.2, 0.25) is 0 Å². The molecule has 1 amide bonds. The van der Waals surface area contributed by atoms with E-state index in [1.165, 1.54) is 11.5 Å². The van der Waals surface area contributed by atoms with Gasteiger partial charge < -0.3 is 14.8 Å². The molecule has 0 radical (unpaired) electrons. The van der Waals surface area contributed by atoms with E-state index in [2.05, 4.69) is 14.9 Å². The van der Waals surface area contributed by atoms with Gasteiger partial charge in [-0.2, -0.15) is 0 Å². The van der Waals surface area contributed by atoms with Crippen molar-refractivity contribution < 1.29 is 14.3 Å². The summed E-state index contributed by atoms with van der Waals surface area (Å²) < 4.78 is 14.7. The van der Waals surface area contributed by atoms with Gasteiger partial charge in [-0.15, -0.1) is 5.10 Å². The number of aromatic nitrogens is 2. The molecule has 3 aromatic rings. The second kappa shape index (κ2) is 8.25. The molecule has 0 bridgehead atoms. The van der Waals surface area contributed by atoms with E-state index in [9.17, 15) is 4.79 Å². The summed E-state index contributed by atoms with van der Waals surface area (Å²) >= 11 is 1.33. The molecule has 0 spiro atoms. The molecule has 2 aromatic carbocycles. The quantitative estimate of drug-likeness (QED) is 0.701. The Balaban J connectivity index is 1.50. The van der Waals surface area contributed by atoms with E-state index in [0.717, 1.165) is 16.2 Å². The average molecular weight is 355 g/mol. The van der Waals surface area contributed by atoms with Crippen molar-refractivity contribution >= 4 is 23.1 Å². The Kier molecular flexibility index (Phi) is 5.58. The van der Waals surface area contributed by atoms with E-state index in [4.69, 9.17) is 9.47 Å². The molecule has 1 aromatic heterocycles. The zero-order valence-corrected chi connectivity index (χ0v) is 14.5. The molecule has 0 aliphatic heterocycles. The number of carbonyl (C=O) groups is 1. The first kappa shape index (κ1) is 16.9. The summed E-state index contributed by atoms with van der Waals surface area (Å²) in [6, 6.07) is 14.7. The Morgan fingerprint density at radius 2 is 1.72 bits per heavy atom. The highest BCUT2D eigenvalue weighted by molar-refractivity contribution is 7.09. The number of rotatable bonds is 7. The second-order valence-corrected chi connectivity index (χ2v) is 5.89. The predicted molar refractivity (Wildman–Crippen MR) is 97.1 cm³/mol. The minimum absolute atomic E-state index is 0.0610. The molecule has 1 heterocycles. The molecule has 0 saturated heterocycles. The minimum Gasteiger partial charge on any atom is -0.494 e. The van der Waals surface area contributed by atoms with Crippen molar-refractivity contribution in [2.24, 2.45) is 0 Å². The maximum Gasteiger partial charge on any atom is 0.262 e. The van der Waals surface area contributed by atoms with E-state index in [0.29, 0.717) is 18.0 Å². The van der Waals surface area contributed by atoms with Crippen LogP contribution >= 0.6 is 11.5 Å². The lowest BCUT2D eigenvalue weighted by molar-refractivity contribution is -0.118. The fourth-order valence-corrected chi connectivity index (χ4v) is 2.67. The molecular weight excluding hydrogens is 338 g/mol. The van der Waals surface area contributed by atoms with Gasteiger partial charge in [0, 0.05) is 5.69 Å². The Bertz CT molecular complexity index is 803. The molecule has 0 unspecified atom stereocenters. The molecule has 0 saturated carbocycles. The highest BCUT2D eigenvalue weighted by atomic mass is 32.1. The molecule has 128 valence electrons. The van der Waals surface area contributed by atoms with Crippen molar-refractivity contribution in [1.29, 1.82) is 0 Å². The SMILES string of the molecule is CCOc1ccc(OCC(=O)Nc2ccc(-c3cnns3)cc2)cc1. The van der Waals surface area contributed by atoms with Crippen LogP contribution in [0.15, 0.2) is 54.7 Å². The number of benzene rings is 2. The van der Waals surface area contributed by atoms with E-state index in [-0.39, 0.29) is 12.5 Å². The van der Waals surface area contributed by atoms with Crippen molar-refractivity contribution in [3.8, 4) is 21.9 Å². The molecule has 0 aliphatic carbocycles. The number of amides is 1. The monoisotopic (exact) mass is 355 g/mol. The number of nitrogens with one attached hydrogen (secondary N) is 1. The summed E-state index contributed by atoms with van der Waals surface area (Å²) in [5.74, 6) is 1.17. The van der Waals surface area contributed by atoms with Gasteiger partial charge in [0.15, 0.2) is 6.61 Å². The van der Waals surface area contributed by atoms with E-state index < -0.39 is 0 Å². The van der Waals surface area contributed by atoms with Gasteiger partial charge in [-0.25, -0.2) is 0 Å².